The van der Waals surface area contributed by atoms with E-state index >= 15 is 0 Å². The Hall–Kier alpha value is -2.54. The first-order valence-corrected chi connectivity index (χ1v) is 13.2. The number of ether oxygens (including phenoxy) is 1. The van der Waals surface area contributed by atoms with Crippen LogP contribution in [0.25, 0.3) is 22.2 Å². The van der Waals surface area contributed by atoms with Crippen LogP contribution in [0.5, 0.6) is 5.75 Å². The van der Waals surface area contributed by atoms with Gasteiger partial charge in [0.25, 0.3) is 5.65 Å². The highest BCUT2D eigenvalue weighted by molar-refractivity contribution is 7.92. The van der Waals surface area contributed by atoms with E-state index in [-0.39, 0.29) is 11.4 Å². The smallest absolute Gasteiger partial charge is 0.290 e. The van der Waals surface area contributed by atoms with Gasteiger partial charge in [-0.1, -0.05) is 13.3 Å². The molecule has 0 amide bonds. The van der Waals surface area contributed by atoms with E-state index in [4.69, 9.17) is 4.74 Å². The van der Waals surface area contributed by atoms with Gasteiger partial charge in [0.2, 0.25) is 0 Å². The normalized spacial score (nSPS) is 21.7. The van der Waals surface area contributed by atoms with Crippen LogP contribution in [0.1, 0.15) is 57.6 Å². The molecule has 2 aromatic heterocycles. The predicted molar refractivity (Wildman–Crippen MR) is 124 cm³/mol. The molecule has 7 heteroatoms. The molecule has 5 rings (SSSR count). The summed E-state index contributed by atoms with van der Waals surface area (Å²) in [6, 6.07) is 8.92. The highest BCUT2D eigenvalue weighted by Crippen LogP contribution is 2.41. The van der Waals surface area contributed by atoms with Gasteiger partial charge in [-0.2, -0.15) is 0 Å². The number of aryl methyl sites for hydroxylation is 1. The summed E-state index contributed by atoms with van der Waals surface area (Å²) in [6.45, 7) is 4.00. The number of benzene rings is 1. The fourth-order valence-electron chi connectivity index (χ4n) is 4.90. The molecule has 2 saturated carbocycles. The Kier molecular flexibility index (Phi) is 5.40. The van der Waals surface area contributed by atoms with E-state index in [1.54, 1.807) is 25.3 Å². The Morgan fingerprint density at radius 1 is 1.06 bits per heavy atom. The van der Waals surface area contributed by atoms with Gasteiger partial charge in [-0.15, -0.1) is 0 Å². The summed E-state index contributed by atoms with van der Waals surface area (Å²) in [5.41, 5.74) is 2.55. The highest BCUT2D eigenvalue weighted by Gasteiger charge is 2.37. The first-order valence-electron chi connectivity index (χ1n) is 11.6. The van der Waals surface area contributed by atoms with Crippen molar-refractivity contribution < 1.29 is 17.9 Å². The number of sulfone groups is 1. The van der Waals surface area contributed by atoms with Crippen molar-refractivity contribution in [1.29, 1.82) is 0 Å². The molecule has 0 radical (unpaired) electrons. The molecule has 1 aromatic carbocycles. The molecule has 2 fully saturated rings. The molecular weight excluding hydrogens is 424 g/mol. The third-order valence-electron chi connectivity index (χ3n) is 7.09. The van der Waals surface area contributed by atoms with Crippen molar-refractivity contribution in [2.24, 2.45) is 5.92 Å². The van der Waals surface area contributed by atoms with Gasteiger partial charge in [0.05, 0.1) is 27.8 Å². The van der Waals surface area contributed by atoms with Crippen molar-refractivity contribution in [2.75, 3.05) is 0 Å². The number of H-pyrrole nitrogens is 1. The number of rotatable bonds is 6. The zero-order valence-corrected chi connectivity index (χ0v) is 19.5. The molecule has 32 heavy (non-hydrogen) atoms. The van der Waals surface area contributed by atoms with Gasteiger partial charge in [0, 0.05) is 11.1 Å². The quantitative estimate of drug-likeness (QED) is 0.417. The number of fused-ring (bicyclic) bond motifs is 1. The second-order valence-corrected chi connectivity index (χ2v) is 11.5. The zero-order valence-electron chi connectivity index (χ0n) is 18.6. The average molecular weight is 455 g/mol. The Balaban J connectivity index is 1.60. The SMILES string of the molecule is CC[C@H]1CC[C@H](Oc2ccc(S(=O)(=O)C3CC3)cc2-c2cc(C)[n+]([O-])c3[nH]ccc23)CC1. The van der Waals surface area contributed by atoms with Crippen molar-refractivity contribution in [1.82, 2.24) is 4.98 Å². The van der Waals surface area contributed by atoms with Gasteiger partial charge >= 0.3 is 0 Å². The van der Waals surface area contributed by atoms with Gasteiger partial charge in [0.15, 0.2) is 9.84 Å². The van der Waals surface area contributed by atoms with Gasteiger partial charge in [-0.05, 0) is 81.7 Å². The number of aromatic amines is 1. The number of hydrogen-bond donors (Lipinski definition) is 1. The summed E-state index contributed by atoms with van der Waals surface area (Å²) < 4.78 is 33.3. The zero-order chi connectivity index (χ0) is 22.5. The molecule has 2 heterocycles. The van der Waals surface area contributed by atoms with Crippen molar-refractivity contribution >= 4 is 20.9 Å². The van der Waals surface area contributed by atoms with Crippen LogP contribution in [0.15, 0.2) is 41.4 Å². The standard InChI is InChI=1S/C25H30N2O4S/c1-3-17-4-6-18(7-5-17)31-24-11-10-20(32(29,30)19-8-9-19)15-23(24)22-14-16(2)27(28)25-21(22)12-13-26-25/h10-15,17-19,26H,3-9H2,1-2H3/t17-,18-. The van der Waals surface area contributed by atoms with E-state index in [9.17, 15) is 13.6 Å². The molecule has 2 aliphatic carbocycles. The number of aromatic nitrogens is 2. The lowest BCUT2D eigenvalue weighted by atomic mass is 9.86. The summed E-state index contributed by atoms with van der Waals surface area (Å²) in [6.07, 6.45) is 8.84. The van der Waals surface area contributed by atoms with Crippen LogP contribution in [0.2, 0.25) is 0 Å². The van der Waals surface area contributed by atoms with E-state index in [1.807, 2.05) is 18.2 Å². The summed E-state index contributed by atoms with van der Waals surface area (Å²) in [5.74, 6) is 1.45. The third kappa shape index (κ3) is 3.76. The molecule has 0 spiro atoms. The van der Waals surface area contributed by atoms with Crippen LogP contribution < -0.4 is 9.47 Å². The maximum Gasteiger partial charge on any atom is 0.290 e. The summed E-state index contributed by atoms with van der Waals surface area (Å²) in [5, 5.41) is 13.0. The number of pyridine rings is 1. The highest BCUT2D eigenvalue weighted by atomic mass is 32.2. The minimum absolute atomic E-state index is 0.124. The first kappa shape index (κ1) is 21.3. The minimum atomic E-state index is -3.35. The molecule has 3 aromatic rings. The van der Waals surface area contributed by atoms with Crippen LogP contribution in [0.4, 0.5) is 0 Å². The molecular formula is C25H30N2O4S. The van der Waals surface area contributed by atoms with Gasteiger partial charge < -0.3 is 9.94 Å². The molecule has 2 aliphatic rings. The predicted octanol–water partition coefficient (Wildman–Crippen LogP) is 5.06. The second-order valence-electron chi connectivity index (χ2n) is 9.30. The first-order chi connectivity index (χ1) is 15.4. The van der Waals surface area contributed by atoms with Crippen LogP contribution in [0, 0.1) is 18.0 Å². The van der Waals surface area contributed by atoms with Gasteiger partial charge in [-0.25, -0.2) is 18.1 Å². The van der Waals surface area contributed by atoms with Crippen LogP contribution >= 0.6 is 0 Å². The lowest BCUT2D eigenvalue weighted by Gasteiger charge is -2.29. The molecule has 0 unspecified atom stereocenters. The molecule has 0 aliphatic heterocycles. The summed E-state index contributed by atoms with van der Waals surface area (Å²) in [4.78, 5) is 3.35. The average Bonchev–Trinajstić information content (AvgIpc) is 3.55. The van der Waals surface area contributed by atoms with E-state index in [0.29, 0.717) is 22.0 Å². The number of nitrogens with one attached hydrogen (secondary N) is 1. The Labute approximate surface area is 189 Å². The van der Waals surface area contributed by atoms with Crippen molar-refractivity contribution in [3.63, 3.8) is 0 Å². The maximum absolute atomic E-state index is 13.0. The van der Waals surface area contributed by atoms with Crippen LogP contribution in [-0.4, -0.2) is 24.8 Å². The summed E-state index contributed by atoms with van der Waals surface area (Å²) >= 11 is 0. The molecule has 0 bridgehead atoms. The van der Waals surface area contributed by atoms with E-state index in [1.165, 1.54) is 6.42 Å². The Morgan fingerprint density at radius 2 is 1.81 bits per heavy atom. The molecule has 170 valence electrons. The fourth-order valence-corrected chi connectivity index (χ4v) is 6.58. The maximum atomic E-state index is 13.0. The number of nitrogens with zero attached hydrogens (tertiary/aromatic N) is 1. The fraction of sp³-hybridized carbons (Fsp3) is 0.480. The van der Waals surface area contributed by atoms with E-state index in [2.05, 4.69) is 11.9 Å². The van der Waals surface area contributed by atoms with Gasteiger partial charge in [-0.3, -0.25) is 0 Å². The molecule has 0 saturated heterocycles. The lowest BCUT2D eigenvalue weighted by Crippen LogP contribution is -2.31. The van der Waals surface area contributed by atoms with Crippen molar-refractivity contribution in [3.8, 4) is 16.9 Å². The van der Waals surface area contributed by atoms with Gasteiger partial charge in [0.1, 0.15) is 11.4 Å². The number of hydrogen-bond acceptors (Lipinski definition) is 4. The van der Waals surface area contributed by atoms with E-state index in [0.717, 1.165) is 65.7 Å². The Bertz CT molecular complexity index is 1250. The molecule has 6 nitrogen and oxygen atoms in total. The molecule has 0 atom stereocenters. The summed E-state index contributed by atoms with van der Waals surface area (Å²) in [7, 11) is -3.35. The lowest BCUT2D eigenvalue weighted by molar-refractivity contribution is -0.586. The Morgan fingerprint density at radius 3 is 2.50 bits per heavy atom. The van der Waals surface area contributed by atoms with Crippen LogP contribution in [-0.2, 0) is 9.84 Å². The van der Waals surface area contributed by atoms with Crippen molar-refractivity contribution in [3.05, 3.63) is 47.4 Å². The van der Waals surface area contributed by atoms with E-state index < -0.39 is 9.84 Å². The van der Waals surface area contributed by atoms with Crippen molar-refractivity contribution in [2.45, 2.75) is 75.0 Å². The topological polar surface area (TPSA) is 86.1 Å². The third-order valence-corrected chi connectivity index (χ3v) is 9.35. The minimum Gasteiger partial charge on any atom is -0.710 e. The second kappa shape index (κ2) is 8.10. The monoisotopic (exact) mass is 454 g/mol. The molecule has 1 N–H and O–H groups in total. The largest absolute Gasteiger partial charge is 0.710 e. The van der Waals surface area contributed by atoms with Crippen LogP contribution in [0.3, 0.4) is 0 Å².